The molecule has 6 heteroatoms. The first-order valence-electron chi connectivity index (χ1n) is 7.64. The molecule has 21 heavy (non-hydrogen) atoms. The van der Waals surface area contributed by atoms with E-state index in [-0.39, 0.29) is 28.8 Å². The van der Waals surface area contributed by atoms with Gasteiger partial charge in [0.25, 0.3) is 0 Å². The molecule has 3 atom stereocenters. The summed E-state index contributed by atoms with van der Waals surface area (Å²) in [6.45, 7) is 8.48. The fourth-order valence-electron chi connectivity index (χ4n) is 3.30. The van der Waals surface area contributed by atoms with Crippen molar-refractivity contribution in [3.05, 3.63) is 0 Å². The van der Waals surface area contributed by atoms with E-state index in [9.17, 15) is 14.7 Å². The summed E-state index contributed by atoms with van der Waals surface area (Å²) in [7, 11) is 0. The number of nitrogens with one attached hydrogen (secondary N) is 1. The quantitative estimate of drug-likeness (QED) is 0.840. The number of aliphatic carboxylic acids is 1. The van der Waals surface area contributed by atoms with Crippen LogP contribution in [0.2, 0.25) is 0 Å². The van der Waals surface area contributed by atoms with E-state index >= 15 is 0 Å². The smallest absolute Gasteiger partial charge is 0.327 e. The Hall–Kier alpha value is -0.910. The second-order valence-electron chi connectivity index (χ2n) is 7.28. The predicted molar refractivity (Wildman–Crippen MR) is 84.3 cm³/mol. The summed E-state index contributed by atoms with van der Waals surface area (Å²) in [5.41, 5.74) is 0.265. The van der Waals surface area contributed by atoms with Gasteiger partial charge in [-0.15, -0.1) is 11.8 Å². The predicted octanol–water partition coefficient (Wildman–Crippen LogP) is 2.76. The molecule has 0 aromatic rings. The largest absolute Gasteiger partial charge is 0.480 e. The lowest BCUT2D eigenvalue weighted by molar-refractivity contribution is -0.141. The molecule has 2 fully saturated rings. The van der Waals surface area contributed by atoms with Crippen molar-refractivity contribution in [3.63, 3.8) is 0 Å². The molecule has 1 heterocycles. The fourth-order valence-corrected chi connectivity index (χ4v) is 4.77. The van der Waals surface area contributed by atoms with Gasteiger partial charge in [0.1, 0.15) is 6.04 Å². The molecule has 2 aliphatic rings. The topological polar surface area (TPSA) is 69.6 Å². The Morgan fingerprint density at radius 3 is 2.52 bits per heavy atom. The highest BCUT2D eigenvalue weighted by molar-refractivity contribution is 8.00. The lowest BCUT2D eigenvalue weighted by Crippen LogP contribution is -2.53. The Labute approximate surface area is 130 Å². The molecule has 1 saturated carbocycles. The third kappa shape index (κ3) is 3.65. The van der Waals surface area contributed by atoms with Crippen LogP contribution in [0.5, 0.6) is 0 Å². The maximum atomic E-state index is 12.6. The second kappa shape index (κ2) is 6.07. The van der Waals surface area contributed by atoms with Crippen molar-refractivity contribution in [1.82, 2.24) is 10.2 Å². The van der Waals surface area contributed by atoms with Gasteiger partial charge in [0, 0.05) is 11.8 Å². The van der Waals surface area contributed by atoms with Crippen molar-refractivity contribution < 1.29 is 14.7 Å². The summed E-state index contributed by atoms with van der Waals surface area (Å²) in [5.74, 6) is -0.195. The maximum Gasteiger partial charge on any atom is 0.327 e. The molecule has 5 nitrogen and oxygen atoms in total. The minimum Gasteiger partial charge on any atom is -0.480 e. The van der Waals surface area contributed by atoms with Crippen LogP contribution in [0.3, 0.4) is 0 Å². The van der Waals surface area contributed by atoms with E-state index in [1.165, 1.54) is 0 Å². The van der Waals surface area contributed by atoms with Gasteiger partial charge < -0.3 is 10.4 Å². The van der Waals surface area contributed by atoms with Gasteiger partial charge in [-0.2, -0.15) is 0 Å². The molecular weight excluding hydrogens is 288 g/mol. The normalized spacial score (nSPS) is 31.7. The molecule has 120 valence electrons. The highest BCUT2D eigenvalue weighted by Crippen LogP contribution is 2.38. The average Bonchev–Trinajstić information content (AvgIpc) is 2.92. The molecule has 0 aromatic heterocycles. The first kappa shape index (κ1) is 16.5. The summed E-state index contributed by atoms with van der Waals surface area (Å²) >= 11 is 1.57. The highest BCUT2D eigenvalue weighted by atomic mass is 32.2. The lowest BCUT2D eigenvalue weighted by atomic mass is 9.92. The summed E-state index contributed by atoms with van der Waals surface area (Å²) in [4.78, 5) is 25.5. The van der Waals surface area contributed by atoms with Gasteiger partial charge in [0.15, 0.2) is 0 Å². The number of nitrogens with zero attached hydrogens (tertiary/aromatic N) is 1. The van der Waals surface area contributed by atoms with Gasteiger partial charge >= 0.3 is 12.0 Å². The number of hydrogen-bond donors (Lipinski definition) is 2. The van der Waals surface area contributed by atoms with Crippen molar-refractivity contribution in [2.45, 2.75) is 64.4 Å². The molecule has 1 saturated heterocycles. The maximum absolute atomic E-state index is 12.6. The zero-order valence-corrected chi connectivity index (χ0v) is 14.1. The van der Waals surface area contributed by atoms with Gasteiger partial charge in [-0.1, -0.05) is 27.7 Å². The van der Waals surface area contributed by atoms with Crippen LogP contribution < -0.4 is 5.32 Å². The zero-order valence-electron chi connectivity index (χ0n) is 13.3. The van der Waals surface area contributed by atoms with Gasteiger partial charge in [-0.25, -0.2) is 9.59 Å². The van der Waals surface area contributed by atoms with Crippen LogP contribution in [0, 0.1) is 11.3 Å². The minimum atomic E-state index is -0.910. The van der Waals surface area contributed by atoms with E-state index in [0.717, 1.165) is 19.3 Å². The van der Waals surface area contributed by atoms with Gasteiger partial charge in [-0.3, -0.25) is 4.90 Å². The van der Waals surface area contributed by atoms with Crippen molar-refractivity contribution in [2.75, 3.05) is 5.75 Å². The van der Waals surface area contributed by atoms with Crippen molar-refractivity contribution in [3.8, 4) is 0 Å². The standard InChI is InChI=1S/C15H26N2O3S/c1-9(2)12-17(11(8-21-12)13(18)19)14(20)16-10-5-6-15(3,4)7-10/h9-12H,5-8H2,1-4H3,(H,16,20)(H,18,19). The summed E-state index contributed by atoms with van der Waals surface area (Å²) < 4.78 is 0. The summed E-state index contributed by atoms with van der Waals surface area (Å²) in [6.07, 6.45) is 3.04. The average molecular weight is 314 g/mol. The summed E-state index contributed by atoms with van der Waals surface area (Å²) in [6, 6.07) is -0.758. The van der Waals surface area contributed by atoms with Crippen LogP contribution in [0.15, 0.2) is 0 Å². The summed E-state index contributed by atoms with van der Waals surface area (Å²) in [5, 5.41) is 12.3. The number of rotatable bonds is 3. The van der Waals surface area contributed by atoms with Crippen molar-refractivity contribution in [1.29, 1.82) is 0 Å². The number of carbonyl (C=O) groups is 2. The molecule has 2 amide bonds. The zero-order chi connectivity index (χ0) is 15.8. The molecule has 2 rings (SSSR count). The van der Waals surface area contributed by atoms with Crippen LogP contribution in [0.1, 0.15) is 47.0 Å². The van der Waals surface area contributed by atoms with Gasteiger partial charge in [-0.05, 0) is 30.6 Å². The fraction of sp³-hybridized carbons (Fsp3) is 0.867. The molecule has 0 spiro atoms. The molecule has 1 aliphatic heterocycles. The van der Waals surface area contributed by atoms with Crippen LogP contribution in [-0.2, 0) is 4.79 Å². The Morgan fingerprint density at radius 1 is 1.38 bits per heavy atom. The Balaban J connectivity index is 2.05. The van der Waals surface area contributed by atoms with E-state index in [1.54, 1.807) is 16.7 Å². The van der Waals surface area contributed by atoms with E-state index in [2.05, 4.69) is 19.2 Å². The number of urea groups is 1. The molecule has 0 radical (unpaired) electrons. The number of carboxylic acid groups (broad SMARTS) is 1. The minimum absolute atomic E-state index is 0.0551. The van der Waals surface area contributed by atoms with E-state index in [4.69, 9.17) is 0 Å². The third-order valence-corrected chi connectivity index (χ3v) is 6.04. The lowest BCUT2D eigenvalue weighted by Gasteiger charge is -2.31. The number of amides is 2. The van der Waals surface area contributed by atoms with Gasteiger partial charge in [0.2, 0.25) is 0 Å². The molecule has 2 N–H and O–H groups in total. The number of thioether (sulfide) groups is 1. The molecule has 3 unspecified atom stereocenters. The van der Waals surface area contributed by atoms with Crippen LogP contribution in [-0.4, -0.2) is 45.2 Å². The molecule has 0 aromatic carbocycles. The van der Waals surface area contributed by atoms with E-state index in [0.29, 0.717) is 5.75 Å². The van der Waals surface area contributed by atoms with Gasteiger partial charge in [0.05, 0.1) is 5.37 Å². The van der Waals surface area contributed by atoms with Crippen LogP contribution in [0.25, 0.3) is 0 Å². The highest BCUT2D eigenvalue weighted by Gasteiger charge is 2.44. The Morgan fingerprint density at radius 2 is 2.05 bits per heavy atom. The number of carbonyl (C=O) groups excluding carboxylic acids is 1. The first-order valence-corrected chi connectivity index (χ1v) is 8.69. The van der Waals surface area contributed by atoms with Crippen molar-refractivity contribution in [2.24, 2.45) is 11.3 Å². The number of carboxylic acids is 1. The molecule has 1 aliphatic carbocycles. The van der Waals surface area contributed by atoms with Crippen LogP contribution >= 0.6 is 11.8 Å². The molecule has 0 bridgehead atoms. The Kier molecular flexibility index (Phi) is 4.76. The second-order valence-corrected chi connectivity index (χ2v) is 8.43. The third-order valence-electron chi connectivity index (χ3n) is 4.42. The monoisotopic (exact) mass is 314 g/mol. The van der Waals surface area contributed by atoms with E-state index < -0.39 is 12.0 Å². The van der Waals surface area contributed by atoms with E-state index in [1.807, 2.05) is 13.8 Å². The number of hydrogen-bond acceptors (Lipinski definition) is 3. The van der Waals surface area contributed by atoms with Crippen molar-refractivity contribution >= 4 is 23.8 Å². The Bertz CT molecular complexity index is 425. The molecular formula is C15H26N2O3S. The first-order chi connectivity index (χ1) is 9.71. The SMILES string of the molecule is CC(C)C1SCC(C(=O)O)N1C(=O)NC1CCC(C)(C)C1. The van der Waals surface area contributed by atoms with Crippen LogP contribution in [0.4, 0.5) is 4.79 Å².